The number of hydrogen-bond donors (Lipinski definition) is 3. The molecule has 0 bridgehead atoms. The zero-order chi connectivity index (χ0) is 14.1. The van der Waals surface area contributed by atoms with Crippen molar-refractivity contribution in [1.29, 1.82) is 0 Å². The SMILES string of the molecule is Cc1ccc(CNC(=O)c2c[nH]c3cc(N)ccc23)s1. The number of aromatic amines is 1. The van der Waals surface area contributed by atoms with Crippen molar-refractivity contribution in [2.75, 3.05) is 5.73 Å². The number of aryl methyl sites for hydroxylation is 1. The Morgan fingerprint density at radius 2 is 2.20 bits per heavy atom. The number of thiophene rings is 1. The molecule has 0 fully saturated rings. The lowest BCUT2D eigenvalue weighted by molar-refractivity contribution is 0.0953. The van der Waals surface area contributed by atoms with Gasteiger partial charge in [-0.05, 0) is 37.3 Å². The molecule has 0 saturated heterocycles. The third kappa shape index (κ3) is 2.40. The molecule has 2 aromatic heterocycles. The first-order valence-corrected chi connectivity index (χ1v) is 7.15. The van der Waals surface area contributed by atoms with Crippen LogP contribution in [0.1, 0.15) is 20.1 Å². The predicted octanol–water partition coefficient (Wildman–Crippen LogP) is 3.05. The number of nitrogens with two attached hydrogens (primary N) is 1. The fraction of sp³-hybridized carbons (Fsp3) is 0.133. The zero-order valence-corrected chi connectivity index (χ0v) is 11.9. The number of fused-ring (bicyclic) bond motifs is 1. The Labute approximate surface area is 120 Å². The molecule has 0 aliphatic heterocycles. The summed E-state index contributed by atoms with van der Waals surface area (Å²) in [6.07, 6.45) is 1.72. The number of anilines is 1. The maximum Gasteiger partial charge on any atom is 0.253 e. The third-order valence-corrected chi connectivity index (χ3v) is 4.17. The molecule has 0 aliphatic carbocycles. The second-order valence-corrected chi connectivity index (χ2v) is 6.07. The van der Waals surface area contributed by atoms with Gasteiger partial charge in [0.25, 0.3) is 5.91 Å². The van der Waals surface area contributed by atoms with Crippen LogP contribution in [0.5, 0.6) is 0 Å². The van der Waals surface area contributed by atoms with Gasteiger partial charge < -0.3 is 16.0 Å². The first-order chi connectivity index (χ1) is 9.63. The van der Waals surface area contributed by atoms with Gasteiger partial charge in [-0.25, -0.2) is 0 Å². The predicted molar refractivity (Wildman–Crippen MR) is 82.9 cm³/mol. The van der Waals surface area contributed by atoms with E-state index in [-0.39, 0.29) is 5.91 Å². The number of aromatic nitrogens is 1. The fourth-order valence-electron chi connectivity index (χ4n) is 2.17. The molecule has 0 saturated carbocycles. The zero-order valence-electron chi connectivity index (χ0n) is 11.1. The Kier molecular flexibility index (Phi) is 3.20. The van der Waals surface area contributed by atoms with E-state index in [9.17, 15) is 4.79 Å². The molecule has 3 aromatic rings. The molecule has 0 unspecified atom stereocenters. The monoisotopic (exact) mass is 285 g/mol. The third-order valence-electron chi connectivity index (χ3n) is 3.17. The lowest BCUT2D eigenvalue weighted by atomic mass is 10.1. The van der Waals surface area contributed by atoms with Crippen molar-refractivity contribution in [3.63, 3.8) is 0 Å². The highest BCUT2D eigenvalue weighted by molar-refractivity contribution is 7.11. The van der Waals surface area contributed by atoms with Crippen molar-refractivity contribution < 1.29 is 4.79 Å². The van der Waals surface area contributed by atoms with Crippen molar-refractivity contribution >= 4 is 33.8 Å². The van der Waals surface area contributed by atoms with Crippen LogP contribution in [0.4, 0.5) is 5.69 Å². The average molecular weight is 285 g/mol. The van der Waals surface area contributed by atoms with Gasteiger partial charge in [-0.15, -0.1) is 11.3 Å². The molecular weight excluding hydrogens is 270 g/mol. The van der Waals surface area contributed by atoms with Gasteiger partial charge >= 0.3 is 0 Å². The number of nitrogens with one attached hydrogen (secondary N) is 2. The Hall–Kier alpha value is -2.27. The highest BCUT2D eigenvalue weighted by atomic mass is 32.1. The van der Waals surface area contributed by atoms with Crippen molar-refractivity contribution in [2.45, 2.75) is 13.5 Å². The molecule has 4 N–H and O–H groups in total. The minimum atomic E-state index is -0.0768. The quantitative estimate of drug-likeness (QED) is 0.647. The summed E-state index contributed by atoms with van der Waals surface area (Å²) in [7, 11) is 0. The highest BCUT2D eigenvalue weighted by Crippen LogP contribution is 2.21. The van der Waals surface area contributed by atoms with E-state index < -0.39 is 0 Å². The second-order valence-electron chi connectivity index (χ2n) is 4.70. The van der Waals surface area contributed by atoms with Gasteiger partial charge in [-0.2, -0.15) is 0 Å². The largest absolute Gasteiger partial charge is 0.399 e. The van der Waals surface area contributed by atoms with Crippen LogP contribution in [0.2, 0.25) is 0 Å². The van der Waals surface area contributed by atoms with E-state index in [0.717, 1.165) is 15.8 Å². The van der Waals surface area contributed by atoms with Gasteiger partial charge in [0.1, 0.15) is 0 Å². The summed E-state index contributed by atoms with van der Waals surface area (Å²) in [5.74, 6) is -0.0768. The molecule has 0 atom stereocenters. The van der Waals surface area contributed by atoms with E-state index in [1.54, 1.807) is 23.6 Å². The van der Waals surface area contributed by atoms with E-state index in [4.69, 9.17) is 5.73 Å². The Bertz CT molecular complexity index is 772. The minimum Gasteiger partial charge on any atom is -0.399 e. The smallest absolute Gasteiger partial charge is 0.253 e. The Morgan fingerprint density at radius 1 is 1.35 bits per heavy atom. The number of nitrogen functional groups attached to an aromatic ring is 1. The summed E-state index contributed by atoms with van der Waals surface area (Å²) in [5.41, 5.74) is 7.93. The maximum absolute atomic E-state index is 12.2. The Morgan fingerprint density at radius 3 is 2.95 bits per heavy atom. The summed E-state index contributed by atoms with van der Waals surface area (Å²) in [4.78, 5) is 17.7. The van der Waals surface area contributed by atoms with Crippen LogP contribution >= 0.6 is 11.3 Å². The van der Waals surface area contributed by atoms with E-state index >= 15 is 0 Å². The van der Waals surface area contributed by atoms with Crippen molar-refractivity contribution in [3.05, 3.63) is 51.8 Å². The number of carbonyl (C=O) groups is 1. The van der Waals surface area contributed by atoms with E-state index in [0.29, 0.717) is 17.8 Å². The molecule has 0 aliphatic rings. The molecule has 1 amide bonds. The fourth-order valence-corrected chi connectivity index (χ4v) is 3.00. The second kappa shape index (κ2) is 5.02. The number of benzene rings is 1. The molecule has 4 nitrogen and oxygen atoms in total. The molecule has 20 heavy (non-hydrogen) atoms. The van der Waals surface area contributed by atoms with E-state index in [2.05, 4.69) is 23.3 Å². The molecule has 3 rings (SSSR count). The van der Waals surface area contributed by atoms with Crippen LogP contribution in [0.25, 0.3) is 10.9 Å². The van der Waals surface area contributed by atoms with Crippen LogP contribution < -0.4 is 11.1 Å². The number of amides is 1. The molecular formula is C15H15N3OS. The van der Waals surface area contributed by atoms with Gasteiger partial charge in [0.15, 0.2) is 0 Å². The van der Waals surface area contributed by atoms with Crippen LogP contribution in [0.15, 0.2) is 36.5 Å². The molecule has 1 aromatic carbocycles. The van der Waals surface area contributed by atoms with Gasteiger partial charge in [0.05, 0.1) is 12.1 Å². The number of H-pyrrole nitrogens is 1. The van der Waals surface area contributed by atoms with Crippen molar-refractivity contribution in [2.24, 2.45) is 0 Å². The molecule has 5 heteroatoms. The van der Waals surface area contributed by atoms with Crippen LogP contribution in [0.3, 0.4) is 0 Å². The minimum absolute atomic E-state index is 0.0768. The number of rotatable bonds is 3. The van der Waals surface area contributed by atoms with Gasteiger partial charge in [-0.1, -0.05) is 0 Å². The van der Waals surface area contributed by atoms with Crippen LogP contribution in [-0.4, -0.2) is 10.9 Å². The maximum atomic E-state index is 12.2. The van der Waals surface area contributed by atoms with E-state index in [1.165, 1.54) is 4.88 Å². The average Bonchev–Trinajstić information content (AvgIpc) is 3.01. The highest BCUT2D eigenvalue weighted by Gasteiger charge is 2.12. The van der Waals surface area contributed by atoms with Crippen molar-refractivity contribution in [3.8, 4) is 0 Å². The van der Waals surface area contributed by atoms with Gasteiger partial charge in [0.2, 0.25) is 0 Å². The van der Waals surface area contributed by atoms with E-state index in [1.807, 2.05) is 18.2 Å². The lowest BCUT2D eigenvalue weighted by Crippen LogP contribution is -2.21. The molecule has 2 heterocycles. The molecule has 0 radical (unpaired) electrons. The van der Waals surface area contributed by atoms with Crippen molar-refractivity contribution in [1.82, 2.24) is 10.3 Å². The number of hydrogen-bond acceptors (Lipinski definition) is 3. The first kappa shape index (κ1) is 12.7. The van der Waals surface area contributed by atoms with Gasteiger partial charge in [-0.3, -0.25) is 4.79 Å². The summed E-state index contributed by atoms with van der Waals surface area (Å²) in [6.45, 7) is 2.61. The normalized spacial score (nSPS) is 10.8. The topological polar surface area (TPSA) is 70.9 Å². The summed E-state index contributed by atoms with van der Waals surface area (Å²) < 4.78 is 0. The number of carbonyl (C=O) groups excluding carboxylic acids is 1. The molecule has 102 valence electrons. The Balaban J connectivity index is 1.78. The van der Waals surface area contributed by atoms with Crippen LogP contribution in [-0.2, 0) is 6.54 Å². The van der Waals surface area contributed by atoms with Crippen LogP contribution in [0, 0.1) is 6.92 Å². The van der Waals surface area contributed by atoms with Gasteiger partial charge in [0, 0.05) is 32.5 Å². The summed E-state index contributed by atoms with van der Waals surface area (Å²) in [6, 6.07) is 9.59. The first-order valence-electron chi connectivity index (χ1n) is 6.33. The summed E-state index contributed by atoms with van der Waals surface area (Å²) in [5, 5.41) is 3.83. The summed E-state index contributed by atoms with van der Waals surface area (Å²) >= 11 is 1.69. The lowest BCUT2D eigenvalue weighted by Gasteiger charge is -2.02. The standard InChI is InChI=1S/C15H15N3OS/c1-9-2-4-11(20-9)7-18-15(19)13-8-17-14-6-10(16)3-5-12(13)14/h2-6,8,17H,7,16H2,1H3,(H,18,19). The molecule has 0 spiro atoms.